The molecular weight excluding hydrogens is 426 g/mol. The van der Waals surface area contributed by atoms with Crippen LogP contribution in [0, 0.1) is 5.41 Å². The summed E-state index contributed by atoms with van der Waals surface area (Å²) in [5.41, 5.74) is 1.48. The molecule has 8 nitrogen and oxygen atoms in total. The third kappa shape index (κ3) is 3.60. The third-order valence-corrected chi connectivity index (χ3v) is 8.39. The van der Waals surface area contributed by atoms with E-state index >= 15 is 0 Å². The second-order valence-corrected chi connectivity index (χ2v) is 10.1. The number of fused-ring (bicyclic) bond motifs is 1. The number of thiazole rings is 1. The Labute approximate surface area is 183 Å². The lowest BCUT2D eigenvalue weighted by atomic mass is 9.76. The second kappa shape index (κ2) is 8.43. The first-order valence-electron chi connectivity index (χ1n) is 9.85. The van der Waals surface area contributed by atoms with Crippen LogP contribution in [0.25, 0.3) is 5.57 Å². The molecule has 1 aromatic rings. The average Bonchev–Trinajstić information content (AvgIpc) is 3.24. The molecule has 10 heteroatoms. The summed E-state index contributed by atoms with van der Waals surface area (Å²) >= 11 is 2.78. The van der Waals surface area contributed by atoms with E-state index in [4.69, 9.17) is 9.72 Å². The van der Waals surface area contributed by atoms with Crippen molar-refractivity contribution in [2.45, 2.75) is 42.6 Å². The molecule has 0 bridgehead atoms. The van der Waals surface area contributed by atoms with E-state index in [-0.39, 0.29) is 30.3 Å². The highest BCUT2D eigenvalue weighted by Gasteiger charge is 2.59. The summed E-state index contributed by atoms with van der Waals surface area (Å²) in [6.07, 6.45) is 3.64. The number of carboxylic acid groups (broad SMARTS) is 1. The fourth-order valence-corrected chi connectivity index (χ4v) is 6.68. The fraction of sp³-hybridized carbons (Fsp3) is 0.550. The summed E-state index contributed by atoms with van der Waals surface area (Å²) in [6, 6.07) is 0.0263. The molecule has 162 valence electrons. The van der Waals surface area contributed by atoms with Crippen LogP contribution in [0.5, 0.6) is 0 Å². The molecule has 0 radical (unpaired) electrons. The minimum Gasteiger partial charge on any atom is -0.477 e. The van der Waals surface area contributed by atoms with Gasteiger partial charge in [0.25, 0.3) is 0 Å². The van der Waals surface area contributed by atoms with Crippen molar-refractivity contribution < 1.29 is 24.5 Å². The van der Waals surface area contributed by atoms with Crippen molar-refractivity contribution in [3.05, 3.63) is 27.8 Å². The van der Waals surface area contributed by atoms with Gasteiger partial charge in [0.1, 0.15) is 5.70 Å². The number of rotatable bonds is 8. The molecule has 4 heterocycles. The summed E-state index contributed by atoms with van der Waals surface area (Å²) in [5, 5.41) is 24.8. The molecule has 2 unspecified atom stereocenters. The van der Waals surface area contributed by atoms with Gasteiger partial charge in [-0.2, -0.15) is 0 Å². The lowest BCUT2D eigenvalue weighted by Gasteiger charge is -2.43. The Morgan fingerprint density at radius 1 is 1.50 bits per heavy atom. The van der Waals surface area contributed by atoms with Crippen molar-refractivity contribution in [2.75, 3.05) is 26.9 Å². The first-order valence-corrected chi connectivity index (χ1v) is 11.5. The summed E-state index contributed by atoms with van der Waals surface area (Å²) in [7, 11) is 1.68. The van der Waals surface area contributed by atoms with Crippen LogP contribution in [-0.4, -0.2) is 70.9 Å². The third-order valence-electron chi connectivity index (χ3n) is 6.08. The second-order valence-electron chi connectivity index (χ2n) is 7.95. The maximum atomic E-state index is 12.1. The molecule has 1 amide bonds. The van der Waals surface area contributed by atoms with Gasteiger partial charge < -0.3 is 25.2 Å². The SMILES string of the molecule is COC[C@@H]1CC(c2csc(SC3=C(C(=O)O)N4C(=O)CC4C3(C)CCO)n2)=CCN1. The number of aliphatic hydroxyl groups excluding tert-OH is 1. The van der Waals surface area contributed by atoms with Crippen LogP contribution in [0.4, 0.5) is 0 Å². The molecule has 1 saturated heterocycles. The summed E-state index contributed by atoms with van der Waals surface area (Å²) in [6.45, 7) is 3.24. The van der Waals surface area contributed by atoms with Gasteiger partial charge in [-0.05, 0) is 18.4 Å². The monoisotopic (exact) mass is 451 g/mol. The molecule has 3 N–H and O–H groups in total. The molecule has 3 aliphatic rings. The number of carboxylic acids is 1. The van der Waals surface area contributed by atoms with Gasteiger partial charge in [-0.25, -0.2) is 9.78 Å². The van der Waals surface area contributed by atoms with E-state index in [1.807, 2.05) is 12.3 Å². The number of nitrogens with one attached hydrogen (secondary N) is 1. The number of ether oxygens (including phenoxy) is 1. The molecular formula is C20H25N3O5S2. The highest BCUT2D eigenvalue weighted by atomic mass is 32.2. The van der Waals surface area contributed by atoms with Gasteiger partial charge in [-0.15, -0.1) is 11.3 Å². The van der Waals surface area contributed by atoms with Gasteiger partial charge in [0, 0.05) is 48.4 Å². The van der Waals surface area contributed by atoms with Crippen LogP contribution < -0.4 is 5.32 Å². The number of methoxy groups -OCH3 is 1. The van der Waals surface area contributed by atoms with Gasteiger partial charge in [0.2, 0.25) is 5.91 Å². The Hall–Kier alpha value is -1.72. The van der Waals surface area contributed by atoms with Crippen LogP contribution in [0.3, 0.4) is 0 Å². The number of nitrogens with zero attached hydrogens (tertiary/aromatic N) is 2. The van der Waals surface area contributed by atoms with Crippen molar-refractivity contribution in [1.29, 1.82) is 0 Å². The maximum Gasteiger partial charge on any atom is 0.353 e. The van der Waals surface area contributed by atoms with Crippen LogP contribution in [0.15, 0.2) is 26.4 Å². The zero-order valence-electron chi connectivity index (χ0n) is 16.9. The first kappa shape index (κ1) is 21.5. The van der Waals surface area contributed by atoms with Crippen LogP contribution in [0.1, 0.15) is 31.9 Å². The van der Waals surface area contributed by atoms with E-state index in [1.165, 1.54) is 28.0 Å². The summed E-state index contributed by atoms with van der Waals surface area (Å²) < 4.78 is 5.98. The number of hydrogen-bond donors (Lipinski definition) is 3. The van der Waals surface area contributed by atoms with E-state index in [2.05, 4.69) is 11.4 Å². The zero-order chi connectivity index (χ0) is 21.5. The smallest absolute Gasteiger partial charge is 0.353 e. The Morgan fingerprint density at radius 3 is 2.97 bits per heavy atom. The lowest BCUT2D eigenvalue weighted by Crippen LogP contribution is -2.55. The van der Waals surface area contributed by atoms with Gasteiger partial charge in [-0.3, -0.25) is 4.79 Å². The van der Waals surface area contributed by atoms with Gasteiger partial charge >= 0.3 is 5.97 Å². The number of amides is 1. The van der Waals surface area contributed by atoms with Crippen molar-refractivity contribution >= 4 is 40.5 Å². The molecule has 0 saturated carbocycles. The normalized spacial score (nSPS) is 28.4. The lowest BCUT2D eigenvalue weighted by molar-refractivity contribution is -0.150. The van der Waals surface area contributed by atoms with Crippen LogP contribution in [0.2, 0.25) is 0 Å². The molecule has 4 rings (SSSR count). The van der Waals surface area contributed by atoms with Gasteiger partial charge in [0.05, 0.1) is 18.3 Å². The maximum absolute atomic E-state index is 12.1. The minimum absolute atomic E-state index is 0.0372. The van der Waals surface area contributed by atoms with Gasteiger partial charge in [0.15, 0.2) is 4.34 Å². The van der Waals surface area contributed by atoms with Crippen molar-refractivity contribution in [2.24, 2.45) is 5.41 Å². The Morgan fingerprint density at radius 2 is 2.30 bits per heavy atom. The predicted molar refractivity (Wildman–Crippen MR) is 114 cm³/mol. The van der Waals surface area contributed by atoms with Gasteiger partial charge in [-0.1, -0.05) is 24.8 Å². The van der Waals surface area contributed by atoms with Crippen LogP contribution >= 0.6 is 23.1 Å². The van der Waals surface area contributed by atoms with Crippen molar-refractivity contribution in [1.82, 2.24) is 15.2 Å². The number of hydrogen-bond acceptors (Lipinski definition) is 8. The van der Waals surface area contributed by atoms with Crippen molar-refractivity contribution in [3.63, 3.8) is 0 Å². The first-order chi connectivity index (χ1) is 14.4. The van der Waals surface area contributed by atoms with Crippen molar-refractivity contribution in [3.8, 4) is 0 Å². The standard InChI is InChI=1S/C20H25N3O5S2/c1-20(4-6-24)14-8-15(25)23(14)16(18(26)27)17(20)30-19-22-13(10-29-19)11-3-5-21-12(7-11)9-28-2/h3,10,12,14,21,24H,4-9H2,1-2H3,(H,26,27)/t12-,14?,20?/m0/s1. The Kier molecular flexibility index (Phi) is 6.04. The molecule has 0 aliphatic carbocycles. The van der Waals surface area contributed by atoms with E-state index in [0.717, 1.165) is 28.6 Å². The Balaban J connectivity index is 1.61. The number of aliphatic hydroxyl groups is 1. The van der Waals surface area contributed by atoms with E-state index in [1.54, 1.807) is 7.11 Å². The number of carbonyl (C=O) groups is 2. The number of aliphatic carboxylic acids is 1. The topological polar surface area (TPSA) is 112 Å². The molecule has 0 aromatic carbocycles. The van der Waals surface area contributed by atoms with E-state index < -0.39 is 11.4 Å². The molecule has 3 aliphatic heterocycles. The highest BCUT2D eigenvalue weighted by molar-refractivity contribution is 8.04. The quantitative estimate of drug-likeness (QED) is 0.514. The predicted octanol–water partition coefficient (Wildman–Crippen LogP) is 1.93. The Bertz CT molecular complexity index is 927. The zero-order valence-corrected chi connectivity index (χ0v) is 18.5. The van der Waals surface area contributed by atoms with E-state index in [9.17, 15) is 19.8 Å². The number of thioether (sulfide) groups is 1. The number of carbonyl (C=O) groups excluding carboxylic acids is 1. The minimum atomic E-state index is -1.11. The molecule has 3 atom stereocenters. The number of aromatic nitrogens is 1. The molecule has 30 heavy (non-hydrogen) atoms. The summed E-state index contributed by atoms with van der Waals surface area (Å²) in [4.78, 5) is 30.9. The molecule has 0 spiro atoms. The molecule has 1 aromatic heterocycles. The largest absolute Gasteiger partial charge is 0.477 e. The molecule has 1 fully saturated rings. The van der Waals surface area contributed by atoms with Crippen LogP contribution in [-0.2, 0) is 14.3 Å². The fourth-order valence-electron chi connectivity index (χ4n) is 4.45. The summed E-state index contributed by atoms with van der Waals surface area (Å²) in [5.74, 6) is -1.29. The average molecular weight is 452 g/mol. The van der Waals surface area contributed by atoms with E-state index in [0.29, 0.717) is 24.4 Å². The highest BCUT2D eigenvalue weighted by Crippen LogP contribution is 2.58. The number of β-lactam (4-membered cyclic amide) rings is 1.